The highest BCUT2D eigenvalue weighted by Gasteiger charge is 2.04. The van der Waals surface area contributed by atoms with Crippen LogP contribution in [0.25, 0.3) is 5.65 Å². The predicted octanol–water partition coefficient (Wildman–Crippen LogP) is 1.46. The number of guanidine groups is 1. The molecule has 0 saturated heterocycles. The fourth-order valence-electron chi connectivity index (χ4n) is 2.05. The van der Waals surface area contributed by atoms with Crippen molar-refractivity contribution in [1.82, 2.24) is 25.2 Å². The minimum atomic E-state index is 0.466. The third-order valence-electron chi connectivity index (χ3n) is 3.10. The van der Waals surface area contributed by atoms with Gasteiger partial charge in [-0.1, -0.05) is 19.9 Å². The summed E-state index contributed by atoms with van der Waals surface area (Å²) in [5.74, 6) is 2.13. The second-order valence-corrected chi connectivity index (χ2v) is 5.64. The number of rotatable bonds is 8. The highest BCUT2D eigenvalue weighted by Crippen LogP contribution is 2.03. The third kappa shape index (κ3) is 5.52. The normalized spacial score (nSPS) is 12.1. The van der Waals surface area contributed by atoms with Crippen molar-refractivity contribution in [1.29, 1.82) is 0 Å². The molecule has 126 valence electrons. The van der Waals surface area contributed by atoms with Gasteiger partial charge in [-0.2, -0.15) is 0 Å². The Morgan fingerprint density at radius 3 is 2.96 bits per heavy atom. The fraction of sp³-hybridized carbons (Fsp3) is 0.562. The van der Waals surface area contributed by atoms with Crippen LogP contribution in [-0.4, -0.2) is 46.9 Å². The van der Waals surface area contributed by atoms with Crippen LogP contribution in [0.15, 0.2) is 29.4 Å². The average Bonchev–Trinajstić information content (AvgIpc) is 2.95. The maximum Gasteiger partial charge on any atom is 0.191 e. The van der Waals surface area contributed by atoms with Gasteiger partial charge in [0.05, 0.1) is 6.61 Å². The fourth-order valence-corrected chi connectivity index (χ4v) is 2.05. The van der Waals surface area contributed by atoms with Gasteiger partial charge < -0.3 is 15.4 Å². The lowest BCUT2D eigenvalue weighted by molar-refractivity contribution is 0.114. The molecule has 2 heterocycles. The monoisotopic (exact) mass is 318 g/mol. The van der Waals surface area contributed by atoms with Gasteiger partial charge in [0, 0.05) is 25.9 Å². The number of pyridine rings is 1. The molecule has 7 heteroatoms. The molecule has 0 bridgehead atoms. The molecule has 2 aromatic rings. The Labute approximate surface area is 137 Å². The van der Waals surface area contributed by atoms with E-state index in [0.29, 0.717) is 19.1 Å². The molecular weight excluding hydrogens is 292 g/mol. The number of ether oxygens (including phenoxy) is 1. The Kier molecular flexibility index (Phi) is 6.80. The van der Waals surface area contributed by atoms with E-state index in [1.165, 1.54) is 0 Å². The zero-order valence-corrected chi connectivity index (χ0v) is 14.1. The average molecular weight is 318 g/mol. The number of fused-ring (bicyclic) bond motifs is 1. The van der Waals surface area contributed by atoms with Crippen LogP contribution >= 0.6 is 0 Å². The first-order valence-corrected chi connectivity index (χ1v) is 8.09. The number of nitrogens with one attached hydrogen (secondary N) is 2. The highest BCUT2D eigenvalue weighted by molar-refractivity contribution is 5.79. The maximum absolute atomic E-state index is 5.56. The van der Waals surface area contributed by atoms with Gasteiger partial charge in [0.15, 0.2) is 17.4 Å². The van der Waals surface area contributed by atoms with E-state index in [4.69, 9.17) is 4.74 Å². The van der Waals surface area contributed by atoms with Gasteiger partial charge in [-0.15, -0.1) is 10.2 Å². The zero-order valence-electron chi connectivity index (χ0n) is 14.1. The molecule has 0 spiro atoms. The molecule has 0 fully saturated rings. The molecular formula is C16H26N6O. The van der Waals surface area contributed by atoms with E-state index in [1.807, 2.05) is 35.7 Å². The van der Waals surface area contributed by atoms with Crippen molar-refractivity contribution in [2.45, 2.75) is 27.3 Å². The first-order chi connectivity index (χ1) is 11.2. The van der Waals surface area contributed by atoms with Crippen LogP contribution in [0, 0.1) is 5.92 Å². The lowest BCUT2D eigenvalue weighted by Crippen LogP contribution is -2.39. The van der Waals surface area contributed by atoms with Crippen LogP contribution in [0.2, 0.25) is 0 Å². The Balaban J connectivity index is 1.88. The summed E-state index contributed by atoms with van der Waals surface area (Å²) in [6, 6.07) is 5.83. The molecule has 2 aromatic heterocycles. The van der Waals surface area contributed by atoms with Gasteiger partial charge in [-0.25, -0.2) is 4.99 Å². The Hall–Kier alpha value is -2.15. The van der Waals surface area contributed by atoms with Gasteiger partial charge in [-0.3, -0.25) is 4.40 Å². The van der Waals surface area contributed by atoms with Crippen molar-refractivity contribution in [3.8, 4) is 0 Å². The van der Waals surface area contributed by atoms with Crippen molar-refractivity contribution in [2.75, 3.05) is 26.3 Å². The Bertz CT molecular complexity index is 622. The molecule has 0 saturated carbocycles. The molecule has 0 aliphatic carbocycles. The zero-order chi connectivity index (χ0) is 16.5. The van der Waals surface area contributed by atoms with Gasteiger partial charge >= 0.3 is 0 Å². The van der Waals surface area contributed by atoms with E-state index in [-0.39, 0.29) is 0 Å². The van der Waals surface area contributed by atoms with Crippen molar-refractivity contribution in [2.24, 2.45) is 10.9 Å². The summed E-state index contributed by atoms with van der Waals surface area (Å²) in [5, 5.41) is 14.8. The lowest BCUT2D eigenvalue weighted by atomic mass is 10.2. The largest absolute Gasteiger partial charge is 0.379 e. The molecule has 0 aliphatic rings. The molecule has 0 aromatic carbocycles. The minimum Gasteiger partial charge on any atom is -0.379 e. The van der Waals surface area contributed by atoms with Crippen LogP contribution in [-0.2, 0) is 11.3 Å². The first kappa shape index (κ1) is 17.2. The van der Waals surface area contributed by atoms with Crippen molar-refractivity contribution in [3.63, 3.8) is 0 Å². The minimum absolute atomic E-state index is 0.466. The number of hydrogen-bond acceptors (Lipinski definition) is 4. The maximum atomic E-state index is 5.56. The summed E-state index contributed by atoms with van der Waals surface area (Å²) in [4.78, 5) is 4.55. The first-order valence-electron chi connectivity index (χ1n) is 8.09. The Morgan fingerprint density at radius 1 is 1.30 bits per heavy atom. The topological polar surface area (TPSA) is 75.8 Å². The van der Waals surface area contributed by atoms with E-state index in [1.54, 1.807) is 0 Å². The summed E-state index contributed by atoms with van der Waals surface area (Å²) >= 11 is 0. The molecule has 0 unspecified atom stereocenters. The predicted molar refractivity (Wildman–Crippen MR) is 91.5 cm³/mol. The molecule has 2 N–H and O–H groups in total. The lowest BCUT2D eigenvalue weighted by Gasteiger charge is -2.12. The summed E-state index contributed by atoms with van der Waals surface area (Å²) in [6.07, 6.45) is 1.94. The summed E-state index contributed by atoms with van der Waals surface area (Å²) < 4.78 is 7.50. The molecule has 0 aliphatic heterocycles. The number of hydrogen-bond donors (Lipinski definition) is 2. The van der Waals surface area contributed by atoms with Crippen molar-refractivity contribution in [3.05, 3.63) is 30.2 Å². The molecule has 0 atom stereocenters. The van der Waals surface area contributed by atoms with Gasteiger partial charge in [-0.05, 0) is 25.0 Å². The summed E-state index contributed by atoms with van der Waals surface area (Å²) in [5.41, 5.74) is 0.831. The van der Waals surface area contributed by atoms with Crippen molar-refractivity contribution >= 4 is 11.6 Å². The summed E-state index contributed by atoms with van der Waals surface area (Å²) in [7, 11) is 0. The summed E-state index contributed by atoms with van der Waals surface area (Å²) in [6.45, 7) is 9.76. The molecule has 0 amide bonds. The van der Waals surface area contributed by atoms with Crippen LogP contribution in [0.5, 0.6) is 0 Å². The molecule has 7 nitrogen and oxygen atoms in total. The van der Waals surface area contributed by atoms with E-state index in [9.17, 15) is 0 Å². The van der Waals surface area contributed by atoms with Crippen molar-refractivity contribution < 1.29 is 4.74 Å². The smallest absolute Gasteiger partial charge is 0.191 e. The van der Waals surface area contributed by atoms with Gasteiger partial charge in [0.1, 0.15) is 6.54 Å². The number of aromatic nitrogens is 3. The quantitative estimate of drug-likeness (QED) is 0.438. The second-order valence-electron chi connectivity index (χ2n) is 5.64. The SMILES string of the molecule is CCNC(=NCc1nnc2ccccn12)NCCOCC(C)C. The Morgan fingerprint density at radius 2 is 2.17 bits per heavy atom. The van der Waals surface area contributed by atoms with Crippen LogP contribution in [0.1, 0.15) is 26.6 Å². The highest BCUT2D eigenvalue weighted by atomic mass is 16.5. The molecule has 23 heavy (non-hydrogen) atoms. The van der Waals surface area contributed by atoms with Crippen LogP contribution in [0.4, 0.5) is 0 Å². The number of nitrogens with zero attached hydrogens (tertiary/aromatic N) is 4. The van der Waals surface area contributed by atoms with E-state index in [0.717, 1.165) is 37.1 Å². The number of aliphatic imine (C=N–C) groups is 1. The molecule has 0 radical (unpaired) electrons. The van der Waals surface area contributed by atoms with Gasteiger partial charge in [0.2, 0.25) is 0 Å². The molecule has 2 rings (SSSR count). The second kappa shape index (κ2) is 9.09. The van der Waals surface area contributed by atoms with Crippen LogP contribution in [0.3, 0.4) is 0 Å². The third-order valence-corrected chi connectivity index (χ3v) is 3.10. The standard InChI is InChI=1S/C16H26N6O/c1-4-17-16(18-8-10-23-12-13(2)3)19-11-15-21-20-14-7-5-6-9-22(14)15/h5-7,9,13H,4,8,10-12H2,1-3H3,(H2,17,18,19). The van der Waals surface area contributed by atoms with E-state index in [2.05, 4.69) is 39.7 Å². The van der Waals surface area contributed by atoms with E-state index < -0.39 is 0 Å². The van der Waals surface area contributed by atoms with E-state index >= 15 is 0 Å². The van der Waals surface area contributed by atoms with Crippen LogP contribution < -0.4 is 10.6 Å². The van der Waals surface area contributed by atoms with Gasteiger partial charge in [0.25, 0.3) is 0 Å².